The van der Waals surface area contributed by atoms with E-state index in [4.69, 9.17) is 11.6 Å². The van der Waals surface area contributed by atoms with Gasteiger partial charge in [0.1, 0.15) is 17.8 Å². The molecule has 1 amide bonds. The molecule has 0 saturated carbocycles. The summed E-state index contributed by atoms with van der Waals surface area (Å²) in [5, 5.41) is 10.4. The Labute approximate surface area is 119 Å². The Bertz CT molecular complexity index is 757. The van der Waals surface area contributed by atoms with Crippen molar-refractivity contribution in [3.05, 3.63) is 53.2 Å². The number of aromatic amines is 1. The molecule has 0 aliphatic carbocycles. The lowest BCUT2D eigenvalue weighted by molar-refractivity contribution is 0.0945. The van der Waals surface area contributed by atoms with Crippen molar-refractivity contribution in [2.75, 3.05) is 0 Å². The number of nitrogens with one attached hydrogen (secondary N) is 2. The highest BCUT2D eigenvalue weighted by molar-refractivity contribution is 6.35. The van der Waals surface area contributed by atoms with Crippen molar-refractivity contribution in [1.29, 1.82) is 0 Å². The van der Waals surface area contributed by atoms with Crippen molar-refractivity contribution < 1.29 is 4.79 Å². The molecule has 0 aliphatic heterocycles. The average molecular weight is 288 g/mol. The van der Waals surface area contributed by atoms with Crippen LogP contribution >= 0.6 is 11.6 Å². The zero-order valence-electron chi connectivity index (χ0n) is 10.3. The molecule has 2 heterocycles. The zero-order chi connectivity index (χ0) is 13.9. The number of benzene rings is 1. The van der Waals surface area contributed by atoms with E-state index in [-0.39, 0.29) is 18.1 Å². The van der Waals surface area contributed by atoms with E-state index in [1.54, 1.807) is 6.07 Å². The molecule has 0 spiro atoms. The lowest BCUT2D eigenvalue weighted by Gasteiger charge is -2.05. The maximum atomic E-state index is 12.0. The second-order valence-electron chi connectivity index (χ2n) is 4.12. The number of aromatic nitrogens is 4. The van der Waals surface area contributed by atoms with Crippen LogP contribution in [0.15, 0.2) is 36.7 Å². The van der Waals surface area contributed by atoms with E-state index in [0.717, 1.165) is 5.39 Å². The number of carbonyl (C=O) groups is 1. The van der Waals surface area contributed by atoms with Gasteiger partial charge < -0.3 is 5.32 Å². The Balaban J connectivity index is 1.84. The summed E-state index contributed by atoms with van der Waals surface area (Å²) in [4.78, 5) is 20.3. The third-order valence-electron chi connectivity index (χ3n) is 2.78. The third-order valence-corrected chi connectivity index (χ3v) is 3.09. The molecule has 7 heteroatoms. The Morgan fingerprint density at radius 3 is 3.00 bits per heavy atom. The predicted octanol–water partition coefficient (Wildman–Crippen LogP) is 1.94. The fourth-order valence-electron chi connectivity index (χ4n) is 1.82. The monoisotopic (exact) mass is 287 g/mol. The van der Waals surface area contributed by atoms with Crippen LogP contribution in [0, 0.1) is 0 Å². The smallest absolute Gasteiger partial charge is 0.270 e. The largest absolute Gasteiger partial charge is 0.343 e. The number of fused-ring (bicyclic) bond motifs is 1. The van der Waals surface area contributed by atoms with Gasteiger partial charge in [-0.15, -0.1) is 0 Å². The highest BCUT2D eigenvalue weighted by Crippen LogP contribution is 2.22. The lowest BCUT2D eigenvalue weighted by atomic mass is 10.2. The number of nitrogens with zero attached hydrogens (tertiary/aromatic N) is 3. The summed E-state index contributed by atoms with van der Waals surface area (Å²) >= 11 is 6.16. The number of hydrogen-bond donors (Lipinski definition) is 2. The first-order valence-corrected chi connectivity index (χ1v) is 6.29. The molecule has 0 saturated heterocycles. The first-order chi connectivity index (χ1) is 9.74. The predicted molar refractivity (Wildman–Crippen MR) is 74.3 cm³/mol. The third kappa shape index (κ3) is 2.46. The minimum Gasteiger partial charge on any atom is -0.343 e. The van der Waals surface area contributed by atoms with Gasteiger partial charge in [0.25, 0.3) is 5.91 Å². The molecule has 100 valence electrons. The van der Waals surface area contributed by atoms with Crippen LogP contribution in [0.25, 0.3) is 10.9 Å². The lowest BCUT2D eigenvalue weighted by Crippen LogP contribution is -2.24. The van der Waals surface area contributed by atoms with Crippen LogP contribution in [0.4, 0.5) is 0 Å². The van der Waals surface area contributed by atoms with E-state index in [0.29, 0.717) is 16.4 Å². The van der Waals surface area contributed by atoms with E-state index >= 15 is 0 Å². The van der Waals surface area contributed by atoms with Crippen molar-refractivity contribution in [2.45, 2.75) is 6.54 Å². The number of pyridine rings is 1. The highest BCUT2D eigenvalue weighted by Gasteiger charge is 2.11. The van der Waals surface area contributed by atoms with E-state index in [1.165, 1.54) is 6.33 Å². The molecule has 20 heavy (non-hydrogen) atoms. The number of rotatable bonds is 3. The van der Waals surface area contributed by atoms with E-state index in [2.05, 4.69) is 25.5 Å². The maximum absolute atomic E-state index is 12.0. The quantitative estimate of drug-likeness (QED) is 0.771. The Kier molecular flexibility index (Phi) is 3.30. The van der Waals surface area contributed by atoms with Crippen LogP contribution in [-0.4, -0.2) is 26.1 Å². The summed E-state index contributed by atoms with van der Waals surface area (Å²) in [5.41, 5.74) is 0.957. The van der Waals surface area contributed by atoms with Crippen LogP contribution in [0.1, 0.15) is 16.3 Å². The van der Waals surface area contributed by atoms with Crippen molar-refractivity contribution in [3.63, 3.8) is 0 Å². The Morgan fingerprint density at radius 2 is 2.20 bits per heavy atom. The van der Waals surface area contributed by atoms with Gasteiger partial charge in [0.05, 0.1) is 17.1 Å². The SMILES string of the molecule is O=C(NCc1ncn[nH]1)c1cc(Cl)c2ccccc2n1. The summed E-state index contributed by atoms with van der Waals surface area (Å²) in [6.45, 7) is 0.255. The Morgan fingerprint density at radius 1 is 1.35 bits per heavy atom. The number of para-hydroxylation sites is 1. The van der Waals surface area contributed by atoms with Crippen LogP contribution in [0.3, 0.4) is 0 Å². The van der Waals surface area contributed by atoms with Gasteiger partial charge >= 0.3 is 0 Å². The van der Waals surface area contributed by atoms with Crippen LogP contribution in [0.5, 0.6) is 0 Å². The summed E-state index contributed by atoms with van der Waals surface area (Å²) in [6.07, 6.45) is 1.38. The number of carbonyl (C=O) groups excluding carboxylic acids is 1. The van der Waals surface area contributed by atoms with Crippen molar-refractivity contribution >= 4 is 28.4 Å². The topological polar surface area (TPSA) is 83.6 Å². The number of H-pyrrole nitrogens is 1. The first kappa shape index (κ1) is 12.6. The van der Waals surface area contributed by atoms with Gasteiger partial charge in [-0.2, -0.15) is 5.10 Å². The highest BCUT2D eigenvalue weighted by atomic mass is 35.5. The summed E-state index contributed by atoms with van der Waals surface area (Å²) < 4.78 is 0. The van der Waals surface area contributed by atoms with Gasteiger partial charge in [0.15, 0.2) is 0 Å². The van der Waals surface area contributed by atoms with Gasteiger partial charge in [0, 0.05) is 5.39 Å². The second-order valence-corrected chi connectivity index (χ2v) is 4.53. The van der Waals surface area contributed by atoms with E-state index < -0.39 is 0 Å². The summed E-state index contributed by atoms with van der Waals surface area (Å²) in [6, 6.07) is 8.95. The van der Waals surface area contributed by atoms with Crippen LogP contribution < -0.4 is 5.32 Å². The molecule has 3 aromatic rings. The number of halogens is 1. The fraction of sp³-hybridized carbons (Fsp3) is 0.0769. The first-order valence-electron chi connectivity index (χ1n) is 5.92. The molecule has 2 N–H and O–H groups in total. The van der Waals surface area contributed by atoms with Gasteiger partial charge in [-0.25, -0.2) is 9.97 Å². The van der Waals surface area contributed by atoms with E-state index in [1.807, 2.05) is 24.3 Å². The molecule has 1 aromatic carbocycles. The molecular formula is C13H10ClN5O. The standard InChI is InChI=1S/C13H10ClN5O/c14-9-5-11(18-10-4-2-1-3-8(9)10)13(20)15-6-12-16-7-17-19-12/h1-5,7H,6H2,(H,15,20)(H,16,17,19). The van der Waals surface area contributed by atoms with Gasteiger partial charge in [-0.05, 0) is 12.1 Å². The molecule has 2 aromatic heterocycles. The molecule has 0 bridgehead atoms. The van der Waals surface area contributed by atoms with Gasteiger partial charge in [0.2, 0.25) is 0 Å². The average Bonchev–Trinajstić information content (AvgIpc) is 2.98. The summed E-state index contributed by atoms with van der Waals surface area (Å²) in [7, 11) is 0. The maximum Gasteiger partial charge on any atom is 0.270 e. The van der Waals surface area contributed by atoms with Crippen LogP contribution in [0.2, 0.25) is 5.02 Å². The molecule has 3 rings (SSSR count). The molecule has 0 unspecified atom stereocenters. The molecule has 0 fully saturated rings. The molecule has 6 nitrogen and oxygen atoms in total. The van der Waals surface area contributed by atoms with Crippen LogP contribution in [-0.2, 0) is 6.54 Å². The van der Waals surface area contributed by atoms with Gasteiger partial charge in [-0.1, -0.05) is 29.8 Å². The molecule has 0 atom stereocenters. The zero-order valence-corrected chi connectivity index (χ0v) is 11.1. The fourth-order valence-corrected chi connectivity index (χ4v) is 2.08. The molecular weight excluding hydrogens is 278 g/mol. The van der Waals surface area contributed by atoms with Crippen molar-refractivity contribution in [2.24, 2.45) is 0 Å². The van der Waals surface area contributed by atoms with E-state index in [9.17, 15) is 4.79 Å². The number of amides is 1. The molecule has 0 aliphatic rings. The Hall–Kier alpha value is -2.47. The van der Waals surface area contributed by atoms with Gasteiger partial charge in [-0.3, -0.25) is 9.89 Å². The summed E-state index contributed by atoms with van der Waals surface area (Å²) in [5.74, 6) is 0.263. The number of hydrogen-bond acceptors (Lipinski definition) is 4. The normalized spacial score (nSPS) is 10.7. The van der Waals surface area contributed by atoms with Crippen molar-refractivity contribution in [1.82, 2.24) is 25.5 Å². The minimum absolute atomic E-state index is 0.255. The van der Waals surface area contributed by atoms with Crippen molar-refractivity contribution in [3.8, 4) is 0 Å². The second kappa shape index (κ2) is 5.26. The molecule has 0 radical (unpaired) electrons. The minimum atomic E-state index is -0.311.